The van der Waals surface area contributed by atoms with Gasteiger partial charge in [-0.15, -0.1) is 0 Å². The number of imidazole rings is 1. The van der Waals surface area contributed by atoms with Crippen LogP contribution in [0.25, 0.3) is 16.9 Å². The van der Waals surface area contributed by atoms with E-state index in [1.165, 1.54) is 0 Å². The van der Waals surface area contributed by atoms with E-state index in [0.717, 1.165) is 12.1 Å². The van der Waals surface area contributed by atoms with Crippen molar-refractivity contribution in [3.05, 3.63) is 54.4 Å². The van der Waals surface area contributed by atoms with Crippen LogP contribution in [0.2, 0.25) is 0 Å². The predicted molar refractivity (Wildman–Crippen MR) is 65.0 cm³/mol. The zero-order valence-corrected chi connectivity index (χ0v) is 9.27. The summed E-state index contributed by atoms with van der Waals surface area (Å²) in [5.41, 5.74) is 6.48. The second kappa shape index (κ2) is 3.80. The number of pyridine rings is 1. The van der Waals surface area contributed by atoms with E-state index in [4.69, 9.17) is 5.73 Å². The van der Waals surface area contributed by atoms with E-state index in [1.54, 1.807) is 35.0 Å². The van der Waals surface area contributed by atoms with Gasteiger partial charge in [0.05, 0.1) is 11.4 Å². The Morgan fingerprint density at radius 1 is 1.11 bits per heavy atom. The van der Waals surface area contributed by atoms with Crippen LogP contribution in [0.1, 0.15) is 0 Å². The van der Waals surface area contributed by atoms with Gasteiger partial charge in [-0.3, -0.25) is 4.40 Å². The second-order valence-corrected chi connectivity index (χ2v) is 3.92. The number of anilines is 1. The van der Waals surface area contributed by atoms with E-state index in [0.29, 0.717) is 11.3 Å². The van der Waals surface area contributed by atoms with Crippen LogP contribution < -0.4 is 5.73 Å². The smallest absolute Gasteiger partial charge is 0.146 e. The van der Waals surface area contributed by atoms with Crippen LogP contribution >= 0.6 is 0 Å². The summed E-state index contributed by atoms with van der Waals surface area (Å²) in [5.74, 6) is -1.20. The maximum Gasteiger partial charge on any atom is 0.146 e. The molecule has 0 saturated heterocycles. The van der Waals surface area contributed by atoms with Gasteiger partial charge in [0.1, 0.15) is 17.3 Å². The van der Waals surface area contributed by atoms with E-state index in [1.807, 2.05) is 0 Å². The third kappa shape index (κ3) is 1.52. The Bertz CT molecular complexity index is 734. The van der Waals surface area contributed by atoms with Crippen LogP contribution in [0, 0.1) is 11.6 Å². The van der Waals surface area contributed by atoms with Crippen molar-refractivity contribution in [2.75, 3.05) is 5.73 Å². The summed E-state index contributed by atoms with van der Waals surface area (Å²) in [6, 6.07) is 7.31. The largest absolute Gasteiger partial charge is 0.396 e. The molecule has 0 saturated carbocycles. The number of hydrogen-bond acceptors (Lipinski definition) is 2. The monoisotopic (exact) mass is 245 g/mol. The highest BCUT2D eigenvalue weighted by atomic mass is 19.1. The lowest BCUT2D eigenvalue weighted by molar-refractivity contribution is 0.606. The minimum atomic E-state index is -0.636. The molecule has 2 N–H and O–H groups in total. The second-order valence-electron chi connectivity index (χ2n) is 3.92. The van der Waals surface area contributed by atoms with E-state index in [9.17, 15) is 8.78 Å². The number of nitrogen functional groups attached to an aromatic ring is 1. The zero-order chi connectivity index (χ0) is 12.7. The summed E-state index contributed by atoms with van der Waals surface area (Å²) >= 11 is 0. The van der Waals surface area contributed by atoms with Gasteiger partial charge in [-0.25, -0.2) is 13.8 Å². The Morgan fingerprint density at radius 3 is 2.78 bits per heavy atom. The molecule has 1 aromatic carbocycles. The molecule has 0 aliphatic rings. The molecule has 0 fully saturated rings. The Morgan fingerprint density at radius 2 is 1.94 bits per heavy atom. The van der Waals surface area contributed by atoms with Gasteiger partial charge in [0.2, 0.25) is 0 Å². The highest BCUT2D eigenvalue weighted by Gasteiger charge is 2.12. The average Bonchev–Trinajstić information content (AvgIpc) is 2.82. The molecular formula is C13H9F2N3. The van der Waals surface area contributed by atoms with Gasteiger partial charge < -0.3 is 5.73 Å². The Hall–Kier alpha value is -2.43. The van der Waals surface area contributed by atoms with Gasteiger partial charge in [0.15, 0.2) is 0 Å². The number of hydrogen-bond donors (Lipinski definition) is 1. The summed E-state index contributed by atoms with van der Waals surface area (Å²) in [7, 11) is 0. The molecule has 0 aliphatic carbocycles. The molecule has 0 radical (unpaired) electrons. The molecule has 0 aliphatic heterocycles. The van der Waals surface area contributed by atoms with E-state index >= 15 is 0 Å². The van der Waals surface area contributed by atoms with E-state index in [-0.39, 0.29) is 11.3 Å². The number of halogens is 2. The van der Waals surface area contributed by atoms with Crippen molar-refractivity contribution >= 4 is 11.3 Å². The molecule has 0 bridgehead atoms. The first-order valence-corrected chi connectivity index (χ1v) is 5.34. The van der Waals surface area contributed by atoms with Crippen molar-refractivity contribution in [2.24, 2.45) is 0 Å². The Labute approximate surface area is 101 Å². The van der Waals surface area contributed by atoms with Gasteiger partial charge in [-0.1, -0.05) is 6.07 Å². The van der Waals surface area contributed by atoms with Crippen molar-refractivity contribution < 1.29 is 8.78 Å². The fourth-order valence-electron chi connectivity index (χ4n) is 1.93. The number of nitrogens with two attached hydrogens (primary N) is 1. The normalized spacial score (nSPS) is 11.0. The van der Waals surface area contributed by atoms with Crippen LogP contribution in [0.5, 0.6) is 0 Å². The molecule has 2 aromatic heterocycles. The van der Waals surface area contributed by atoms with Gasteiger partial charge in [0, 0.05) is 24.0 Å². The first-order valence-electron chi connectivity index (χ1n) is 5.34. The first-order chi connectivity index (χ1) is 8.66. The Balaban J connectivity index is 2.32. The predicted octanol–water partition coefficient (Wildman–Crippen LogP) is 2.86. The summed E-state index contributed by atoms with van der Waals surface area (Å²) < 4.78 is 29.0. The number of aromatic nitrogens is 2. The van der Waals surface area contributed by atoms with Crippen LogP contribution in [-0.4, -0.2) is 9.38 Å². The maximum atomic E-state index is 13.9. The van der Waals surface area contributed by atoms with Gasteiger partial charge in [0.25, 0.3) is 0 Å². The zero-order valence-electron chi connectivity index (χ0n) is 9.27. The maximum absolute atomic E-state index is 13.9. The standard InChI is InChI=1S/C13H9F2N3/c14-9-7-11(16)10(15)6-8(9)12-2-1-3-13-17-4-5-18(12)13/h1-7H,16H2. The lowest BCUT2D eigenvalue weighted by Gasteiger charge is -2.08. The van der Waals surface area contributed by atoms with Crippen molar-refractivity contribution in [3.63, 3.8) is 0 Å². The number of fused-ring (bicyclic) bond motifs is 1. The molecule has 3 aromatic rings. The summed E-state index contributed by atoms with van der Waals surface area (Å²) in [4.78, 5) is 4.10. The SMILES string of the molecule is Nc1cc(F)c(-c2cccc3nccn23)cc1F. The molecule has 0 spiro atoms. The van der Waals surface area contributed by atoms with Crippen LogP contribution in [0.15, 0.2) is 42.7 Å². The lowest BCUT2D eigenvalue weighted by atomic mass is 10.1. The fraction of sp³-hybridized carbons (Fsp3) is 0. The minimum Gasteiger partial charge on any atom is -0.396 e. The first kappa shape index (κ1) is 10.7. The lowest BCUT2D eigenvalue weighted by Crippen LogP contribution is -1.97. The van der Waals surface area contributed by atoms with Crippen LogP contribution in [-0.2, 0) is 0 Å². The van der Waals surface area contributed by atoms with E-state index < -0.39 is 11.6 Å². The van der Waals surface area contributed by atoms with Gasteiger partial charge in [-0.2, -0.15) is 0 Å². The van der Waals surface area contributed by atoms with Crippen molar-refractivity contribution in [3.8, 4) is 11.3 Å². The molecule has 3 nitrogen and oxygen atoms in total. The fourth-order valence-corrected chi connectivity index (χ4v) is 1.93. The highest BCUT2D eigenvalue weighted by molar-refractivity contribution is 5.66. The van der Waals surface area contributed by atoms with Crippen LogP contribution in [0.4, 0.5) is 14.5 Å². The van der Waals surface area contributed by atoms with E-state index in [2.05, 4.69) is 4.98 Å². The summed E-state index contributed by atoms with van der Waals surface area (Å²) in [5, 5.41) is 0. The van der Waals surface area contributed by atoms with Crippen molar-refractivity contribution in [2.45, 2.75) is 0 Å². The average molecular weight is 245 g/mol. The van der Waals surface area contributed by atoms with Gasteiger partial charge >= 0.3 is 0 Å². The molecule has 18 heavy (non-hydrogen) atoms. The molecule has 0 unspecified atom stereocenters. The molecule has 90 valence electrons. The Kier molecular flexibility index (Phi) is 2.26. The molecular weight excluding hydrogens is 236 g/mol. The number of rotatable bonds is 1. The number of benzene rings is 1. The highest BCUT2D eigenvalue weighted by Crippen LogP contribution is 2.27. The topological polar surface area (TPSA) is 43.3 Å². The third-order valence-corrected chi connectivity index (χ3v) is 2.79. The van der Waals surface area contributed by atoms with Crippen molar-refractivity contribution in [1.82, 2.24) is 9.38 Å². The summed E-state index contributed by atoms with van der Waals surface area (Å²) in [6.45, 7) is 0. The quantitative estimate of drug-likeness (QED) is 0.670. The number of nitrogens with zero attached hydrogens (tertiary/aromatic N) is 2. The molecule has 2 heterocycles. The molecule has 0 atom stereocenters. The molecule has 3 rings (SSSR count). The third-order valence-electron chi connectivity index (χ3n) is 2.79. The molecule has 0 amide bonds. The molecule has 5 heteroatoms. The van der Waals surface area contributed by atoms with Crippen molar-refractivity contribution in [1.29, 1.82) is 0 Å². The van der Waals surface area contributed by atoms with Crippen LogP contribution in [0.3, 0.4) is 0 Å². The minimum absolute atomic E-state index is 0.158. The van der Waals surface area contributed by atoms with Gasteiger partial charge in [-0.05, 0) is 18.2 Å². The summed E-state index contributed by atoms with van der Waals surface area (Å²) in [6.07, 6.45) is 3.29.